The molecule has 7 heteroatoms. The van der Waals surface area contributed by atoms with E-state index in [2.05, 4.69) is 5.32 Å². The minimum Gasteiger partial charge on any atom is -0.497 e. The number of nitrogens with one attached hydrogen (secondary N) is 1. The van der Waals surface area contributed by atoms with Gasteiger partial charge in [0.05, 0.1) is 18.6 Å². The fourth-order valence-electron chi connectivity index (χ4n) is 2.09. The van der Waals surface area contributed by atoms with Crippen LogP contribution in [0, 0.1) is 0 Å². The van der Waals surface area contributed by atoms with Crippen LogP contribution in [0.1, 0.15) is 17.3 Å². The lowest BCUT2D eigenvalue weighted by Gasteiger charge is -2.09. The lowest BCUT2D eigenvalue weighted by Crippen LogP contribution is -2.22. The summed E-state index contributed by atoms with van der Waals surface area (Å²) in [5.74, 6) is -0.334. The number of para-hydroxylation sites is 1. The molecule has 0 fully saturated rings. The van der Waals surface area contributed by atoms with E-state index in [1.165, 1.54) is 18.7 Å². The predicted molar refractivity (Wildman–Crippen MR) is 99.8 cm³/mol. The number of anilines is 1. The maximum atomic E-state index is 11.9. The van der Waals surface area contributed by atoms with Crippen molar-refractivity contribution >= 4 is 35.1 Å². The number of ketones is 1. The van der Waals surface area contributed by atoms with E-state index in [1.54, 1.807) is 43.5 Å². The van der Waals surface area contributed by atoms with Crippen molar-refractivity contribution in [2.45, 2.75) is 11.8 Å². The van der Waals surface area contributed by atoms with Crippen molar-refractivity contribution in [3.05, 3.63) is 54.1 Å². The molecule has 0 spiro atoms. The van der Waals surface area contributed by atoms with E-state index < -0.39 is 18.5 Å². The van der Waals surface area contributed by atoms with Crippen LogP contribution < -0.4 is 10.1 Å². The SMILES string of the molecule is COc1ccc(SCC(=O)OCC(=O)Nc2ccccc2C(C)=O)cc1. The van der Waals surface area contributed by atoms with E-state index in [4.69, 9.17) is 9.47 Å². The highest BCUT2D eigenvalue weighted by Gasteiger charge is 2.12. The lowest BCUT2D eigenvalue weighted by atomic mass is 10.1. The number of amides is 1. The lowest BCUT2D eigenvalue weighted by molar-refractivity contribution is -0.144. The Morgan fingerprint density at radius 1 is 1.04 bits per heavy atom. The summed E-state index contributed by atoms with van der Waals surface area (Å²) in [4.78, 5) is 36.1. The van der Waals surface area contributed by atoms with Gasteiger partial charge in [0.15, 0.2) is 12.4 Å². The molecule has 0 unspecified atom stereocenters. The molecule has 0 aliphatic rings. The first-order chi connectivity index (χ1) is 12.5. The van der Waals surface area contributed by atoms with Crippen LogP contribution in [0.15, 0.2) is 53.4 Å². The zero-order valence-corrected chi connectivity index (χ0v) is 15.3. The van der Waals surface area contributed by atoms with Crippen LogP contribution >= 0.6 is 11.8 Å². The molecule has 0 bridgehead atoms. The number of benzene rings is 2. The number of carbonyl (C=O) groups excluding carboxylic acids is 3. The Balaban J connectivity index is 1.78. The third kappa shape index (κ3) is 5.93. The zero-order chi connectivity index (χ0) is 18.9. The molecule has 2 aromatic carbocycles. The van der Waals surface area contributed by atoms with Gasteiger partial charge in [-0.2, -0.15) is 0 Å². The number of carbonyl (C=O) groups is 3. The monoisotopic (exact) mass is 373 g/mol. The van der Waals surface area contributed by atoms with Crippen LogP contribution in [0.3, 0.4) is 0 Å². The number of hydrogen-bond acceptors (Lipinski definition) is 6. The Labute approximate surface area is 155 Å². The van der Waals surface area contributed by atoms with E-state index >= 15 is 0 Å². The van der Waals surface area contributed by atoms with E-state index in [1.807, 2.05) is 12.1 Å². The largest absolute Gasteiger partial charge is 0.497 e. The average molecular weight is 373 g/mol. The summed E-state index contributed by atoms with van der Waals surface area (Å²) < 4.78 is 10.0. The number of ether oxygens (including phenoxy) is 2. The molecule has 6 nitrogen and oxygen atoms in total. The first-order valence-corrected chi connectivity index (χ1v) is 8.80. The summed E-state index contributed by atoms with van der Waals surface area (Å²) >= 11 is 1.30. The molecule has 0 aliphatic heterocycles. The van der Waals surface area contributed by atoms with Gasteiger partial charge in [0, 0.05) is 10.5 Å². The van der Waals surface area contributed by atoms with Gasteiger partial charge >= 0.3 is 5.97 Å². The summed E-state index contributed by atoms with van der Waals surface area (Å²) in [5, 5.41) is 2.58. The highest BCUT2D eigenvalue weighted by Crippen LogP contribution is 2.21. The standard InChI is InChI=1S/C19H19NO5S/c1-13(21)16-5-3-4-6-17(16)20-18(22)11-25-19(23)12-26-15-9-7-14(24-2)8-10-15/h3-10H,11-12H2,1-2H3,(H,20,22). The summed E-state index contributed by atoms with van der Waals surface area (Å²) in [6.07, 6.45) is 0. The van der Waals surface area contributed by atoms with Gasteiger partial charge in [-0.1, -0.05) is 12.1 Å². The van der Waals surface area contributed by atoms with Gasteiger partial charge in [-0.25, -0.2) is 0 Å². The van der Waals surface area contributed by atoms with Crippen LogP contribution in [-0.4, -0.2) is 37.1 Å². The highest BCUT2D eigenvalue weighted by molar-refractivity contribution is 8.00. The molecule has 1 N–H and O–H groups in total. The van der Waals surface area contributed by atoms with Crippen LogP contribution in [0.2, 0.25) is 0 Å². The number of rotatable bonds is 8. The predicted octanol–water partition coefficient (Wildman–Crippen LogP) is 3.17. The maximum absolute atomic E-state index is 11.9. The average Bonchev–Trinajstić information content (AvgIpc) is 2.65. The van der Waals surface area contributed by atoms with Gasteiger partial charge in [-0.05, 0) is 43.3 Å². The third-order valence-electron chi connectivity index (χ3n) is 3.36. The quantitative estimate of drug-likeness (QED) is 0.435. The smallest absolute Gasteiger partial charge is 0.316 e. The number of hydrogen-bond donors (Lipinski definition) is 1. The molecule has 0 atom stereocenters. The maximum Gasteiger partial charge on any atom is 0.316 e. The van der Waals surface area contributed by atoms with Gasteiger partial charge in [0.2, 0.25) is 0 Å². The van der Waals surface area contributed by atoms with Crippen LogP contribution in [0.4, 0.5) is 5.69 Å². The highest BCUT2D eigenvalue weighted by atomic mass is 32.2. The van der Waals surface area contributed by atoms with E-state index in [0.717, 1.165) is 10.6 Å². The Kier molecular flexibility index (Phi) is 7.23. The minimum atomic E-state index is -0.499. The van der Waals surface area contributed by atoms with Crippen molar-refractivity contribution in [2.24, 2.45) is 0 Å². The van der Waals surface area contributed by atoms with E-state index in [9.17, 15) is 14.4 Å². The van der Waals surface area contributed by atoms with Crippen molar-refractivity contribution in [3.8, 4) is 5.75 Å². The molecule has 0 aromatic heterocycles. The third-order valence-corrected chi connectivity index (χ3v) is 4.35. The molecule has 2 aromatic rings. The Hall–Kier alpha value is -2.80. The number of esters is 1. The second-order valence-corrected chi connectivity index (χ2v) is 6.32. The fraction of sp³-hybridized carbons (Fsp3) is 0.211. The van der Waals surface area contributed by atoms with Crippen molar-refractivity contribution in [1.29, 1.82) is 0 Å². The molecule has 0 saturated carbocycles. The molecule has 1 amide bonds. The van der Waals surface area contributed by atoms with E-state index in [0.29, 0.717) is 11.3 Å². The molecule has 0 aliphatic carbocycles. The molecular weight excluding hydrogens is 354 g/mol. The van der Waals surface area contributed by atoms with Gasteiger partial charge in [0.25, 0.3) is 5.91 Å². The number of methoxy groups -OCH3 is 1. The number of Topliss-reactive ketones (excluding diaryl/α,β-unsaturated/α-hetero) is 1. The molecule has 136 valence electrons. The van der Waals surface area contributed by atoms with Gasteiger partial charge < -0.3 is 14.8 Å². The molecular formula is C19H19NO5S. The van der Waals surface area contributed by atoms with Crippen LogP contribution in [-0.2, 0) is 14.3 Å². The molecule has 0 saturated heterocycles. The zero-order valence-electron chi connectivity index (χ0n) is 14.5. The Bertz CT molecular complexity index is 789. The fourth-order valence-corrected chi connectivity index (χ4v) is 2.78. The van der Waals surface area contributed by atoms with Gasteiger partial charge in [-0.3, -0.25) is 14.4 Å². The first kappa shape index (κ1) is 19.5. The van der Waals surface area contributed by atoms with Crippen molar-refractivity contribution < 1.29 is 23.9 Å². The van der Waals surface area contributed by atoms with Crippen molar-refractivity contribution in [1.82, 2.24) is 0 Å². The summed E-state index contributed by atoms with van der Waals surface area (Å²) in [7, 11) is 1.58. The van der Waals surface area contributed by atoms with Crippen LogP contribution in [0.25, 0.3) is 0 Å². The summed E-state index contributed by atoms with van der Waals surface area (Å²) in [6, 6.07) is 13.9. The topological polar surface area (TPSA) is 81.7 Å². The Morgan fingerprint density at radius 3 is 2.38 bits per heavy atom. The van der Waals surface area contributed by atoms with Crippen molar-refractivity contribution in [3.63, 3.8) is 0 Å². The van der Waals surface area contributed by atoms with E-state index in [-0.39, 0.29) is 11.5 Å². The Morgan fingerprint density at radius 2 is 1.73 bits per heavy atom. The minimum absolute atomic E-state index is 0.0869. The van der Waals surface area contributed by atoms with Gasteiger partial charge in [-0.15, -0.1) is 11.8 Å². The normalized spacial score (nSPS) is 10.1. The second-order valence-electron chi connectivity index (χ2n) is 5.27. The van der Waals surface area contributed by atoms with Crippen LogP contribution in [0.5, 0.6) is 5.75 Å². The first-order valence-electron chi connectivity index (χ1n) is 7.82. The molecule has 2 rings (SSSR count). The van der Waals surface area contributed by atoms with Crippen molar-refractivity contribution in [2.75, 3.05) is 24.8 Å². The summed E-state index contributed by atoms with van der Waals surface area (Å²) in [6.45, 7) is 1.01. The number of thioether (sulfide) groups is 1. The molecule has 0 heterocycles. The van der Waals surface area contributed by atoms with Gasteiger partial charge in [0.1, 0.15) is 5.75 Å². The second kappa shape index (κ2) is 9.62. The molecule has 0 radical (unpaired) electrons. The molecule has 26 heavy (non-hydrogen) atoms. The summed E-state index contributed by atoms with van der Waals surface area (Å²) in [5.41, 5.74) is 0.802.